The van der Waals surface area contributed by atoms with Gasteiger partial charge in [-0.15, -0.1) is 0 Å². The summed E-state index contributed by atoms with van der Waals surface area (Å²) in [4.78, 5) is 4.17. The maximum atomic E-state index is 5.60. The van der Waals surface area contributed by atoms with Crippen molar-refractivity contribution < 1.29 is 4.74 Å². The maximum absolute atomic E-state index is 5.60. The second kappa shape index (κ2) is 4.03. The Hall–Kier alpha value is -2.56. The lowest BCUT2D eigenvalue weighted by molar-refractivity contribution is 0.403. The summed E-state index contributed by atoms with van der Waals surface area (Å²) in [6.07, 6.45) is 1.73. The highest BCUT2D eigenvalue weighted by atomic mass is 16.5. The first-order valence-corrected chi connectivity index (χ1v) is 5.52. The molecule has 0 fully saturated rings. The van der Waals surface area contributed by atoms with Crippen molar-refractivity contribution in [3.05, 3.63) is 36.5 Å². The van der Waals surface area contributed by atoms with Gasteiger partial charge in [0, 0.05) is 23.2 Å². The number of methoxy groups -OCH3 is 1. The SMILES string of the molecule is COc1nccc2cc(-c3cc(N)n[nH]3)ccc12. The number of fused-ring (bicyclic) bond motifs is 1. The highest BCUT2D eigenvalue weighted by Gasteiger charge is 2.06. The molecule has 1 aromatic carbocycles. The van der Waals surface area contributed by atoms with Crippen LogP contribution in [0.15, 0.2) is 36.5 Å². The van der Waals surface area contributed by atoms with E-state index >= 15 is 0 Å². The number of nitrogens with two attached hydrogens (primary N) is 1. The molecule has 0 unspecified atom stereocenters. The summed E-state index contributed by atoms with van der Waals surface area (Å²) < 4.78 is 5.23. The summed E-state index contributed by atoms with van der Waals surface area (Å²) in [7, 11) is 1.62. The van der Waals surface area contributed by atoms with Gasteiger partial charge in [-0.25, -0.2) is 4.98 Å². The van der Waals surface area contributed by atoms with Crippen molar-refractivity contribution in [1.29, 1.82) is 0 Å². The number of H-pyrrole nitrogens is 1. The summed E-state index contributed by atoms with van der Waals surface area (Å²) in [6, 6.07) is 9.76. The first-order chi connectivity index (χ1) is 8.78. The van der Waals surface area contributed by atoms with Gasteiger partial charge in [0.25, 0.3) is 0 Å². The van der Waals surface area contributed by atoms with Gasteiger partial charge >= 0.3 is 0 Å². The van der Waals surface area contributed by atoms with Crippen molar-refractivity contribution in [3.63, 3.8) is 0 Å². The van der Waals surface area contributed by atoms with Crippen molar-refractivity contribution >= 4 is 16.6 Å². The van der Waals surface area contributed by atoms with Crippen LogP contribution in [0.5, 0.6) is 5.88 Å². The Balaban J connectivity index is 2.17. The zero-order valence-corrected chi connectivity index (χ0v) is 9.84. The van der Waals surface area contributed by atoms with Crippen molar-refractivity contribution in [3.8, 4) is 17.1 Å². The molecular weight excluding hydrogens is 228 g/mol. The van der Waals surface area contributed by atoms with Crippen molar-refractivity contribution in [2.75, 3.05) is 12.8 Å². The Morgan fingerprint density at radius 2 is 2.11 bits per heavy atom. The molecule has 0 atom stereocenters. The number of anilines is 1. The first-order valence-electron chi connectivity index (χ1n) is 5.52. The molecule has 5 nitrogen and oxygen atoms in total. The lowest BCUT2D eigenvalue weighted by Crippen LogP contribution is -1.88. The lowest BCUT2D eigenvalue weighted by atomic mass is 10.1. The Labute approximate surface area is 104 Å². The lowest BCUT2D eigenvalue weighted by Gasteiger charge is -2.05. The average Bonchev–Trinajstić information content (AvgIpc) is 2.84. The Morgan fingerprint density at radius 3 is 2.83 bits per heavy atom. The van der Waals surface area contributed by atoms with Crippen LogP contribution in [-0.2, 0) is 0 Å². The van der Waals surface area contributed by atoms with E-state index in [1.165, 1.54) is 0 Å². The van der Waals surface area contributed by atoms with Crippen LogP contribution in [0.3, 0.4) is 0 Å². The van der Waals surface area contributed by atoms with Gasteiger partial charge in [-0.2, -0.15) is 5.10 Å². The fourth-order valence-electron chi connectivity index (χ4n) is 1.97. The van der Waals surface area contributed by atoms with Gasteiger partial charge in [-0.1, -0.05) is 6.07 Å². The zero-order valence-electron chi connectivity index (χ0n) is 9.84. The van der Waals surface area contributed by atoms with Crippen LogP contribution in [0.4, 0.5) is 5.82 Å². The van der Waals surface area contributed by atoms with E-state index in [4.69, 9.17) is 10.5 Å². The van der Waals surface area contributed by atoms with Gasteiger partial charge in [0.05, 0.1) is 12.8 Å². The van der Waals surface area contributed by atoms with Crippen LogP contribution in [0.1, 0.15) is 0 Å². The normalized spacial score (nSPS) is 10.7. The van der Waals surface area contributed by atoms with E-state index in [0.717, 1.165) is 22.0 Å². The molecule has 0 spiro atoms. The molecule has 0 aliphatic heterocycles. The number of rotatable bonds is 2. The molecule has 0 saturated heterocycles. The number of pyridine rings is 1. The van der Waals surface area contributed by atoms with E-state index in [1.54, 1.807) is 19.4 Å². The number of benzene rings is 1. The average molecular weight is 240 g/mol. The monoisotopic (exact) mass is 240 g/mol. The van der Waals surface area contributed by atoms with Gasteiger partial charge in [0.1, 0.15) is 5.82 Å². The number of nitrogens with one attached hydrogen (secondary N) is 1. The second-order valence-corrected chi connectivity index (χ2v) is 3.96. The molecule has 3 rings (SSSR count). The smallest absolute Gasteiger partial charge is 0.221 e. The topological polar surface area (TPSA) is 76.8 Å². The molecule has 0 aliphatic carbocycles. The minimum atomic E-state index is 0.484. The number of aromatic nitrogens is 3. The molecular formula is C13H12N4O. The van der Waals surface area contributed by atoms with E-state index in [0.29, 0.717) is 11.7 Å². The molecule has 0 saturated carbocycles. The van der Waals surface area contributed by atoms with Gasteiger partial charge in [0.2, 0.25) is 5.88 Å². The van der Waals surface area contributed by atoms with Crippen LogP contribution in [-0.4, -0.2) is 22.3 Å². The minimum absolute atomic E-state index is 0.484. The minimum Gasteiger partial charge on any atom is -0.481 e. The molecule has 2 aromatic heterocycles. The van der Waals surface area contributed by atoms with Gasteiger partial charge in [-0.05, 0) is 23.6 Å². The van der Waals surface area contributed by atoms with Crippen LogP contribution < -0.4 is 10.5 Å². The fourth-order valence-corrected chi connectivity index (χ4v) is 1.97. The van der Waals surface area contributed by atoms with Crippen LogP contribution in [0.25, 0.3) is 22.0 Å². The van der Waals surface area contributed by atoms with Gasteiger partial charge in [0.15, 0.2) is 0 Å². The fraction of sp³-hybridized carbons (Fsp3) is 0.0769. The van der Waals surface area contributed by atoms with Crippen molar-refractivity contribution in [1.82, 2.24) is 15.2 Å². The predicted octanol–water partition coefficient (Wildman–Crippen LogP) is 2.22. The third-order valence-electron chi connectivity index (χ3n) is 2.83. The van der Waals surface area contributed by atoms with Crippen LogP contribution >= 0.6 is 0 Å². The summed E-state index contributed by atoms with van der Waals surface area (Å²) in [5, 5.41) is 8.86. The predicted molar refractivity (Wildman–Crippen MR) is 70.3 cm³/mol. The maximum Gasteiger partial charge on any atom is 0.221 e. The summed E-state index contributed by atoms with van der Waals surface area (Å²) >= 11 is 0. The molecule has 2 heterocycles. The standard InChI is InChI=1S/C13H12N4O/c1-18-13-10-3-2-9(6-8(10)4-5-15-13)11-7-12(14)17-16-11/h2-7H,1H3,(H3,14,16,17). The molecule has 0 amide bonds. The molecule has 0 aliphatic rings. The van der Waals surface area contributed by atoms with E-state index < -0.39 is 0 Å². The molecule has 90 valence electrons. The molecule has 5 heteroatoms. The number of aromatic amines is 1. The first kappa shape index (κ1) is 10.6. The van der Waals surface area contributed by atoms with Crippen LogP contribution in [0.2, 0.25) is 0 Å². The zero-order chi connectivity index (χ0) is 12.5. The summed E-state index contributed by atoms with van der Waals surface area (Å²) in [6.45, 7) is 0. The van der Waals surface area contributed by atoms with Crippen molar-refractivity contribution in [2.45, 2.75) is 0 Å². The number of hydrogen-bond donors (Lipinski definition) is 2. The molecule has 0 bridgehead atoms. The van der Waals surface area contributed by atoms with Crippen molar-refractivity contribution in [2.24, 2.45) is 0 Å². The van der Waals surface area contributed by atoms with Gasteiger partial charge in [-0.3, -0.25) is 5.10 Å². The van der Waals surface area contributed by atoms with E-state index in [1.807, 2.05) is 24.3 Å². The number of nitrogens with zero attached hydrogens (tertiary/aromatic N) is 2. The Morgan fingerprint density at radius 1 is 1.22 bits per heavy atom. The summed E-state index contributed by atoms with van der Waals surface area (Å²) in [5.74, 6) is 1.11. The largest absolute Gasteiger partial charge is 0.481 e. The quantitative estimate of drug-likeness (QED) is 0.720. The van der Waals surface area contributed by atoms with E-state index in [2.05, 4.69) is 15.2 Å². The number of hydrogen-bond acceptors (Lipinski definition) is 4. The second-order valence-electron chi connectivity index (χ2n) is 3.96. The molecule has 3 N–H and O–H groups in total. The van der Waals surface area contributed by atoms with Crippen LogP contribution in [0, 0.1) is 0 Å². The molecule has 0 radical (unpaired) electrons. The third-order valence-corrected chi connectivity index (χ3v) is 2.83. The van der Waals surface area contributed by atoms with E-state index in [9.17, 15) is 0 Å². The Bertz CT molecular complexity index is 705. The van der Waals surface area contributed by atoms with Gasteiger partial charge < -0.3 is 10.5 Å². The molecule has 18 heavy (non-hydrogen) atoms. The number of ether oxygens (including phenoxy) is 1. The highest BCUT2D eigenvalue weighted by Crippen LogP contribution is 2.27. The Kier molecular flexibility index (Phi) is 2.37. The molecule has 3 aromatic rings. The summed E-state index contributed by atoms with van der Waals surface area (Å²) in [5.41, 5.74) is 7.52. The van der Waals surface area contributed by atoms with E-state index in [-0.39, 0.29) is 0 Å². The number of nitrogen functional groups attached to an aromatic ring is 1. The third kappa shape index (κ3) is 1.66. The highest BCUT2D eigenvalue weighted by molar-refractivity contribution is 5.90.